The maximum atomic E-state index is 11.0. The number of carbonyl (C=O) groups excluding carboxylic acids is 1. The van der Waals surface area contributed by atoms with Crippen LogP contribution >= 0.6 is 15.9 Å². The molecule has 1 fully saturated rings. The summed E-state index contributed by atoms with van der Waals surface area (Å²) >= 11 is 3.37. The van der Waals surface area contributed by atoms with Gasteiger partial charge in [-0.3, -0.25) is 4.79 Å². The molecular weight excluding hydrogens is 284 g/mol. The minimum Gasteiger partial charge on any atom is -0.489 e. The molecule has 0 saturated heterocycles. The van der Waals surface area contributed by atoms with Crippen molar-refractivity contribution in [3.05, 3.63) is 28.2 Å². The Kier molecular flexibility index (Phi) is 3.69. The molecule has 0 aliphatic heterocycles. The van der Waals surface area contributed by atoms with Crippen molar-refractivity contribution in [3.8, 4) is 5.75 Å². The van der Waals surface area contributed by atoms with Gasteiger partial charge in [0.15, 0.2) is 0 Å². The lowest BCUT2D eigenvalue weighted by molar-refractivity contribution is 0.1000. The average Bonchev–Trinajstić information content (AvgIpc) is 2.67. The van der Waals surface area contributed by atoms with Crippen LogP contribution < -0.4 is 16.2 Å². The van der Waals surface area contributed by atoms with Gasteiger partial charge in [-0.1, -0.05) is 0 Å². The van der Waals surface area contributed by atoms with Crippen molar-refractivity contribution in [2.45, 2.75) is 31.4 Å². The van der Waals surface area contributed by atoms with E-state index in [1.54, 1.807) is 18.2 Å². The first-order chi connectivity index (χ1) is 8.06. The molecule has 0 spiro atoms. The summed E-state index contributed by atoms with van der Waals surface area (Å²) in [7, 11) is 0. The van der Waals surface area contributed by atoms with Crippen molar-refractivity contribution >= 4 is 21.8 Å². The molecule has 1 aliphatic rings. The molecule has 2 atom stereocenters. The first-order valence-electron chi connectivity index (χ1n) is 5.58. The summed E-state index contributed by atoms with van der Waals surface area (Å²) in [5, 5.41) is 0. The van der Waals surface area contributed by atoms with Crippen molar-refractivity contribution in [1.82, 2.24) is 0 Å². The largest absolute Gasteiger partial charge is 0.489 e. The predicted octanol–water partition coefficient (Wildman–Crippen LogP) is 1.81. The van der Waals surface area contributed by atoms with Crippen LogP contribution in [0.25, 0.3) is 0 Å². The number of ether oxygens (including phenoxy) is 1. The fourth-order valence-corrected chi connectivity index (χ4v) is 2.48. The molecule has 0 aromatic heterocycles. The van der Waals surface area contributed by atoms with Crippen LogP contribution in [0.4, 0.5) is 0 Å². The highest BCUT2D eigenvalue weighted by atomic mass is 79.9. The molecule has 1 aliphatic carbocycles. The van der Waals surface area contributed by atoms with Crippen molar-refractivity contribution in [1.29, 1.82) is 0 Å². The lowest BCUT2D eigenvalue weighted by atomic mass is 10.2. The van der Waals surface area contributed by atoms with Gasteiger partial charge in [0, 0.05) is 11.6 Å². The molecule has 2 rings (SSSR count). The molecule has 0 bridgehead atoms. The van der Waals surface area contributed by atoms with E-state index >= 15 is 0 Å². The average molecular weight is 299 g/mol. The summed E-state index contributed by atoms with van der Waals surface area (Å²) in [5.74, 6) is 0.286. The van der Waals surface area contributed by atoms with Gasteiger partial charge in [-0.15, -0.1) is 0 Å². The number of primary amides is 1. The Morgan fingerprint density at radius 2 is 2.18 bits per heavy atom. The van der Waals surface area contributed by atoms with Gasteiger partial charge in [-0.25, -0.2) is 0 Å². The Hall–Kier alpha value is -1.07. The first kappa shape index (κ1) is 12.4. The summed E-state index contributed by atoms with van der Waals surface area (Å²) in [5.41, 5.74) is 11.5. The van der Waals surface area contributed by atoms with Crippen LogP contribution in [-0.4, -0.2) is 18.1 Å². The Morgan fingerprint density at radius 3 is 2.71 bits per heavy atom. The van der Waals surface area contributed by atoms with E-state index in [1.165, 1.54) is 0 Å². The van der Waals surface area contributed by atoms with E-state index in [4.69, 9.17) is 16.2 Å². The van der Waals surface area contributed by atoms with E-state index in [0.29, 0.717) is 5.56 Å². The quantitative estimate of drug-likeness (QED) is 0.893. The van der Waals surface area contributed by atoms with Gasteiger partial charge in [0.1, 0.15) is 11.9 Å². The van der Waals surface area contributed by atoms with Crippen molar-refractivity contribution in [2.24, 2.45) is 11.5 Å². The van der Waals surface area contributed by atoms with Crippen molar-refractivity contribution in [2.75, 3.05) is 0 Å². The molecule has 1 saturated carbocycles. The molecule has 5 heteroatoms. The second-order valence-corrected chi connectivity index (χ2v) is 5.18. The molecule has 4 N–H and O–H groups in total. The number of carbonyl (C=O) groups is 1. The van der Waals surface area contributed by atoms with Crippen LogP contribution in [0.1, 0.15) is 29.6 Å². The SMILES string of the molecule is NC(=O)c1ccc(OC2CCC(N)C2)c(Br)c1. The van der Waals surface area contributed by atoms with Gasteiger partial charge in [-0.05, 0) is 53.4 Å². The van der Waals surface area contributed by atoms with Crippen LogP contribution in [0.3, 0.4) is 0 Å². The van der Waals surface area contributed by atoms with Crippen molar-refractivity contribution in [3.63, 3.8) is 0 Å². The third-order valence-electron chi connectivity index (χ3n) is 2.94. The minimum absolute atomic E-state index is 0.167. The topological polar surface area (TPSA) is 78.3 Å². The second-order valence-electron chi connectivity index (χ2n) is 4.32. The smallest absolute Gasteiger partial charge is 0.248 e. The first-order valence-corrected chi connectivity index (χ1v) is 6.37. The highest BCUT2D eigenvalue weighted by Gasteiger charge is 2.23. The van der Waals surface area contributed by atoms with Gasteiger partial charge >= 0.3 is 0 Å². The Labute approximate surface area is 108 Å². The lowest BCUT2D eigenvalue weighted by Gasteiger charge is -2.15. The summed E-state index contributed by atoms with van der Waals surface area (Å²) in [6.07, 6.45) is 3.03. The maximum Gasteiger partial charge on any atom is 0.248 e. The summed E-state index contributed by atoms with van der Waals surface area (Å²) in [6, 6.07) is 5.33. The van der Waals surface area contributed by atoms with E-state index in [-0.39, 0.29) is 12.1 Å². The fourth-order valence-electron chi connectivity index (χ4n) is 2.01. The number of rotatable bonds is 3. The molecular formula is C12H15BrN2O2. The zero-order valence-corrected chi connectivity index (χ0v) is 10.9. The molecule has 4 nitrogen and oxygen atoms in total. The van der Waals surface area contributed by atoms with Crippen LogP contribution in [0.15, 0.2) is 22.7 Å². The zero-order valence-electron chi connectivity index (χ0n) is 9.36. The van der Waals surface area contributed by atoms with Gasteiger partial charge in [-0.2, -0.15) is 0 Å². The molecule has 17 heavy (non-hydrogen) atoms. The van der Waals surface area contributed by atoms with Crippen molar-refractivity contribution < 1.29 is 9.53 Å². The highest BCUT2D eigenvalue weighted by Crippen LogP contribution is 2.30. The second kappa shape index (κ2) is 5.06. The molecule has 92 valence electrons. The highest BCUT2D eigenvalue weighted by molar-refractivity contribution is 9.10. The fraction of sp³-hybridized carbons (Fsp3) is 0.417. The van der Waals surface area contributed by atoms with Crippen LogP contribution in [0.5, 0.6) is 5.75 Å². The minimum atomic E-state index is -0.444. The Balaban J connectivity index is 2.09. The monoisotopic (exact) mass is 298 g/mol. The summed E-state index contributed by atoms with van der Waals surface area (Å²) in [4.78, 5) is 11.0. The molecule has 1 aromatic carbocycles. The zero-order chi connectivity index (χ0) is 12.4. The number of nitrogens with two attached hydrogens (primary N) is 2. The predicted molar refractivity (Wildman–Crippen MR) is 68.9 cm³/mol. The third-order valence-corrected chi connectivity index (χ3v) is 3.55. The van der Waals surface area contributed by atoms with Crippen LogP contribution in [0.2, 0.25) is 0 Å². The maximum absolute atomic E-state index is 11.0. The van der Waals surface area contributed by atoms with E-state index in [1.807, 2.05) is 0 Å². The summed E-state index contributed by atoms with van der Waals surface area (Å²) in [6.45, 7) is 0. The van der Waals surface area contributed by atoms with Gasteiger partial charge in [0.2, 0.25) is 5.91 Å². The van der Waals surface area contributed by atoms with Gasteiger partial charge < -0.3 is 16.2 Å². The standard InChI is InChI=1S/C12H15BrN2O2/c13-10-5-7(12(15)16)1-4-11(10)17-9-3-2-8(14)6-9/h1,4-5,8-9H,2-3,6,14H2,(H2,15,16). The van der Waals surface area contributed by atoms with E-state index in [9.17, 15) is 4.79 Å². The van der Waals surface area contributed by atoms with E-state index in [0.717, 1.165) is 29.5 Å². The van der Waals surface area contributed by atoms with E-state index < -0.39 is 5.91 Å². The molecule has 2 unspecified atom stereocenters. The molecule has 0 heterocycles. The number of benzene rings is 1. The van der Waals surface area contributed by atoms with Crippen LogP contribution in [-0.2, 0) is 0 Å². The molecule has 1 amide bonds. The molecule has 0 radical (unpaired) electrons. The Morgan fingerprint density at radius 1 is 1.41 bits per heavy atom. The van der Waals surface area contributed by atoms with Gasteiger partial charge in [0.05, 0.1) is 4.47 Å². The van der Waals surface area contributed by atoms with E-state index in [2.05, 4.69) is 15.9 Å². The number of amides is 1. The third kappa shape index (κ3) is 2.98. The van der Waals surface area contributed by atoms with Gasteiger partial charge in [0.25, 0.3) is 0 Å². The summed E-state index contributed by atoms with van der Waals surface area (Å²) < 4.78 is 6.58. The lowest BCUT2D eigenvalue weighted by Crippen LogP contribution is -2.19. The number of hydrogen-bond donors (Lipinski definition) is 2. The number of hydrogen-bond acceptors (Lipinski definition) is 3. The van der Waals surface area contributed by atoms with Crippen LogP contribution in [0, 0.1) is 0 Å². The normalized spacial score (nSPS) is 23.6. The number of halogens is 1. The Bertz CT molecular complexity index is 437. The molecule has 1 aromatic rings.